The van der Waals surface area contributed by atoms with Gasteiger partial charge in [0.15, 0.2) is 5.78 Å². The van der Waals surface area contributed by atoms with E-state index in [9.17, 15) is 4.79 Å². The molecule has 0 fully saturated rings. The molecule has 1 rings (SSSR count). The van der Waals surface area contributed by atoms with Gasteiger partial charge in [0.2, 0.25) is 0 Å². The van der Waals surface area contributed by atoms with Gasteiger partial charge in [-0.3, -0.25) is 4.79 Å². The highest BCUT2D eigenvalue weighted by atomic mass is 127. The molecule has 0 N–H and O–H groups in total. The van der Waals surface area contributed by atoms with Gasteiger partial charge in [-0.1, -0.05) is 6.92 Å². The fourth-order valence-corrected chi connectivity index (χ4v) is 2.18. The summed E-state index contributed by atoms with van der Waals surface area (Å²) in [5, 5.41) is 0. The smallest absolute Gasteiger partial charge is 0.163 e. The number of benzene rings is 1. The second-order valence-corrected chi connectivity index (χ2v) is 4.53. The molecule has 3 heteroatoms. The highest BCUT2D eigenvalue weighted by Gasteiger charge is 2.13. The van der Waals surface area contributed by atoms with Crippen LogP contribution in [0, 0.1) is 3.57 Å². The highest BCUT2D eigenvalue weighted by Crippen LogP contribution is 2.28. The van der Waals surface area contributed by atoms with E-state index in [1.54, 1.807) is 6.92 Å². The Morgan fingerprint density at radius 2 is 2.07 bits per heavy atom. The Labute approximate surface area is 104 Å². The molecule has 82 valence electrons. The first-order valence-corrected chi connectivity index (χ1v) is 6.14. The molecule has 0 atom stereocenters. The average molecular weight is 318 g/mol. The van der Waals surface area contributed by atoms with Crippen molar-refractivity contribution in [3.05, 3.63) is 26.8 Å². The molecule has 0 aliphatic heterocycles. The summed E-state index contributed by atoms with van der Waals surface area (Å²) in [5.74, 6) is 0.819. The van der Waals surface area contributed by atoms with E-state index < -0.39 is 0 Å². The summed E-state index contributed by atoms with van der Waals surface area (Å²) in [4.78, 5) is 11.5. The van der Waals surface area contributed by atoms with Crippen LogP contribution in [0.4, 0.5) is 0 Å². The van der Waals surface area contributed by atoms with Crippen LogP contribution in [0.5, 0.6) is 5.75 Å². The summed E-state index contributed by atoms with van der Waals surface area (Å²) < 4.78 is 6.63. The number of hydrogen-bond acceptors (Lipinski definition) is 2. The van der Waals surface area contributed by atoms with Crippen LogP contribution in [0.3, 0.4) is 0 Å². The van der Waals surface area contributed by atoms with Crippen LogP contribution >= 0.6 is 22.6 Å². The summed E-state index contributed by atoms with van der Waals surface area (Å²) in [6, 6.07) is 3.95. The van der Waals surface area contributed by atoms with Gasteiger partial charge in [0.05, 0.1) is 12.2 Å². The van der Waals surface area contributed by atoms with Crippen LogP contribution in [-0.2, 0) is 6.42 Å². The van der Waals surface area contributed by atoms with Crippen molar-refractivity contribution in [2.24, 2.45) is 0 Å². The third-order valence-corrected chi connectivity index (χ3v) is 2.80. The first-order valence-electron chi connectivity index (χ1n) is 5.06. The number of rotatable bonds is 4. The van der Waals surface area contributed by atoms with Gasteiger partial charge < -0.3 is 4.74 Å². The predicted octanol–water partition coefficient (Wildman–Crippen LogP) is 3.45. The maximum Gasteiger partial charge on any atom is 0.163 e. The van der Waals surface area contributed by atoms with Crippen LogP contribution in [-0.4, -0.2) is 12.4 Å². The van der Waals surface area contributed by atoms with Crippen molar-refractivity contribution in [2.75, 3.05) is 6.61 Å². The van der Waals surface area contributed by atoms with Crippen LogP contribution in [0.2, 0.25) is 0 Å². The number of hydrogen-bond donors (Lipinski definition) is 0. The van der Waals surface area contributed by atoms with E-state index in [1.807, 2.05) is 13.0 Å². The Kier molecular flexibility index (Phi) is 4.57. The minimum Gasteiger partial charge on any atom is -0.493 e. The number of carbonyl (C=O) groups is 1. The van der Waals surface area contributed by atoms with Gasteiger partial charge in [0.25, 0.3) is 0 Å². The molecule has 0 radical (unpaired) electrons. The van der Waals surface area contributed by atoms with Crippen molar-refractivity contribution in [1.82, 2.24) is 0 Å². The van der Waals surface area contributed by atoms with Gasteiger partial charge in [0, 0.05) is 3.57 Å². The number of ketones is 1. The van der Waals surface area contributed by atoms with E-state index in [1.165, 1.54) is 0 Å². The number of Topliss-reactive ketones (excluding diaryl/α,β-unsaturated/α-hetero) is 1. The first-order chi connectivity index (χ1) is 7.10. The highest BCUT2D eigenvalue weighted by molar-refractivity contribution is 14.1. The van der Waals surface area contributed by atoms with Crippen LogP contribution < -0.4 is 4.74 Å². The lowest BCUT2D eigenvalue weighted by molar-refractivity contribution is 0.101. The molecule has 1 aromatic carbocycles. The zero-order chi connectivity index (χ0) is 11.4. The first kappa shape index (κ1) is 12.5. The maximum absolute atomic E-state index is 11.5. The second-order valence-electron chi connectivity index (χ2n) is 3.28. The number of carbonyl (C=O) groups excluding carboxylic acids is 1. The lowest BCUT2D eigenvalue weighted by Crippen LogP contribution is -2.04. The van der Waals surface area contributed by atoms with E-state index in [2.05, 4.69) is 35.6 Å². The predicted molar refractivity (Wildman–Crippen MR) is 69.7 cm³/mol. The van der Waals surface area contributed by atoms with Crippen molar-refractivity contribution >= 4 is 28.4 Å². The molecule has 0 heterocycles. The Bertz CT molecular complexity index is 372. The van der Waals surface area contributed by atoms with Crippen LogP contribution in [0.25, 0.3) is 0 Å². The van der Waals surface area contributed by atoms with Crippen molar-refractivity contribution in [3.63, 3.8) is 0 Å². The largest absolute Gasteiger partial charge is 0.493 e. The molecule has 0 aliphatic rings. The van der Waals surface area contributed by atoms with Crippen molar-refractivity contribution < 1.29 is 9.53 Å². The summed E-state index contributed by atoms with van der Waals surface area (Å²) in [7, 11) is 0. The van der Waals surface area contributed by atoms with Gasteiger partial charge in [-0.05, 0) is 60.6 Å². The second kappa shape index (κ2) is 5.49. The van der Waals surface area contributed by atoms with E-state index in [4.69, 9.17) is 4.74 Å². The van der Waals surface area contributed by atoms with Gasteiger partial charge >= 0.3 is 0 Å². The molecule has 0 unspecified atom stereocenters. The average Bonchev–Trinajstić information content (AvgIpc) is 2.19. The summed E-state index contributed by atoms with van der Waals surface area (Å²) in [5.41, 5.74) is 1.80. The Hall–Kier alpha value is -0.580. The molecule has 0 aromatic heterocycles. The molecular formula is C12H15IO2. The summed E-state index contributed by atoms with van der Waals surface area (Å²) >= 11 is 2.23. The molecule has 0 saturated carbocycles. The molecule has 0 spiro atoms. The normalized spacial score (nSPS) is 10.1. The van der Waals surface area contributed by atoms with Gasteiger partial charge in [-0.25, -0.2) is 0 Å². The van der Waals surface area contributed by atoms with Crippen molar-refractivity contribution in [3.8, 4) is 5.75 Å². The SMILES string of the molecule is CCOc1c(CC)cc(I)cc1C(C)=O. The third kappa shape index (κ3) is 2.93. The third-order valence-electron chi connectivity index (χ3n) is 2.18. The number of ether oxygens (including phenoxy) is 1. The van der Waals surface area contributed by atoms with Gasteiger partial charge in [0.1, 0.15) is 5.75 Å². The molecule has 15 heavy (non-hydrogen) atoms. The lowest BCUT2D eigenvalue weighted by atomic mass is 10.0. The zero-order valence-electron chi connectivity index (χ0n) is 9.26. The van der Waals surface area contributed by atoms with Gasteiger partial charge in [-0.2, -0.15) is 0 Å². The number of aryl methyl sites for hydroxylation is 1. The molecule has 1 aromatic rings. The molecule has 0 amide bonds. The minimum absolute atomic E-state index is 0.0617. The Morgan fingerprint density at radius 1 is 1.40 bits per heavy atom. The lowest BCUT2D eigenvalue weighted by Gasteiger charge is -2.13. The maximum atomic E-state index is 11.5. The van der Waals surface area contributed by atoms with Crippen molar-refractivity contribution in [2.45, 2.75) is 27.2 Å². The molecule has 0 saturated heterocycles. The molecule has 0 aliphatic carbocycles. The number of halogens is 1. The summed E-state index contributed by atoms with van der Waals surface area (Å²) in [6.07, 6.45) is 0.881. The fraction of sp³-hybridized carbons (Fsp3) is 0.417. The molecular weight excluding hydrogens is 303 g/mol. The quantitative estimate of drug-likeness (QED) is 0.628. The Balaban J connectivity index is 3.33. The molecule has 2 nitrogen and oxygen atoms in total. The molecule has 0 bridgehead atoms. The van der Waals surface area contributed by atoms with E-state index in [-0.39, 0.29) is 5.78 Å². The van der Waals surface area contributed by atoms with Crippen LogP contribution in [0.1, 0.15) is 36.7 Å². The topological polar surface area (TPSA) is 26.3 Å². The standard InChI is InChI=1S/C12H15IO2/c1-4-9-6-10(13)7-11(8(3)14)12(9)15-5-2/h6-7H,4-5H2,1-3H3. The van der Waals surface area contributed by atoms with Crippen molar-refractivity contribution in [1.29, 1.82) is 0 Å². The van der Waals surface area contributed by atoms with E-state index >= 15 is 0 Å². The monoisotopic (exact) mass is 318 g/mol. The van der Waals surface area contributed by atoms with Crippen LogP contribution in [0.15, 0.2) is 12.1 Å². The minimum atomic E-state index is 0.0617. The van der Waals surface area contributed by atoms with E-state index in [0.29, 0.717) is 12.2 Å². The van der Waals surface area contributed by atoms with E-state index in [0.717, 1.165) is 21.3 Å². The fourth-order valence-electron chi connectivity index (χ4n) is 1.49. The zero-order valence-corrected chi connectivity index (χ0v) is 11.4. The van der Waals surface area contributed by atoms with Gasteiger partial charge in [-0.15, -0.1) is 0 Å². The Morgan fingerprint density at radius 3 is 2.53 bits per heavy atom. The summed E-state index contributed by atoms with van der Waals surface area (Å²) in [6.45, 7) is 6.17.